The van der Waals surface area contributed by atoms with Crippen molar-refractivity contribution < 1.29 is 4.79 Å². The Hall–Kier alpha value is -3.29. The first-order valence-corrected chi connectivity index (χ1v) is 12.6. The first-order valence-electron chi connectivity index (χ1n) is 12.6. The molecule has 7 rings (SSSR count). The van der Waals surface area contributed by atoms with Crippen molar-refractivity contribution in [1.29, 1.82) is 0 Å². The van der Waals surface area contributed by atoms with Crippen molar-refractivity contribution in [3.8, 4) is 0 Å². The van der Waals surface area contributed by atoms with Gasteiger partial charge in [-0.15, -0.1) is 0 Å². The molecular weight excluding hydrogens is 436 g/mol. The second-order valence-corrected chi connectivity index (χ2v) is 10.6. The number of hydrogen-bond donors (Lipinski definition) is 2. The lowest BCUT2D eigenvalue weighted by Crippen LogP contribution is -2.48. The minimum absolute atomic E-state index is 0.131. The van der Waals surface area contributed by atoms with Crippen LogP contribution in [0.25, 0.3) is 16.5 Å². The maximum atomic E-state index is 13.0. The quantitative estimate of drug-likeness (QED) is 0.618. The van der Waals surface area contributed by atoms with Gasteiger partial charge in [0.15, 0.2) is 0 Å². The largest absolute Gasteiger partial charge is 0.325 e. The van der Waals surface area contributed by atoms with Crippen molar-refractivity contribution in [3.05, 3.63) is 64.9 Å². The van der Waals surface area contributed by atoms with Crippen LogP contribution in [0.15, 0.2) is 47.5 Å². The molecule has 3 atom stereocenters. The number of rotatable bonds is 3. The number of hydrogen-bond acceptors (Lipinski definition) is 5. The van der Waals surface area contributed by atoms with E-state index in [4.69, 9.17) is 4.99 Å². The molecule has 7 nitrogen and oxygen atoms in total. The van der Waals surface area contributed by atoms with Crippen molar-refractivity contribution in [2.24, 2.45) is 4.99 Å². The van der Waals surface area contributed by atoms with Crippen molar-refractivity contribution in [2.75, 3.05) is 38.5 Å². The van der Waals surface area contributed by atoms with Crippen LogP contribution in [0.2, 0.25) is 0 Å². The number of aromatic amines is 1. The van der Waals surface area contributed by atoms with Crippen LogP contribution in [0.5, 0.6) is 0 Å². The van der Waals surface area contributed by atoms with Gasteiger partial charge in [-0.1, -0.05) is 35.9 Å². The molecule has 1 aromatic heterocycles. The normalized spacial score (nSPS) is 28.4. The van der Waals surface area contributed by atoms with Gasteiger partial charge in [0, 0.05) is 61.4 Å². The first kappa shape index (κ1) is 21.0. The third-order valence-electron chi connectivity index (χ3n) is 8.43. The molecule has 1 saturated carbocycles. The van der Waals surface area contributed by atoms with E-state index in [9.17, 15) is 4.79 Å². The number of aryl methyl sites for hydroxylation is 1. The fourth-order valence-corrected chi connectivity index (χ4v) is 6.21. The van der Waals surface area contributed by atoms with E-state index in [-0.39, 0.29) is 18.0 Å². The smallest absolute Gasteiger partial charge is 0.235 e. The fraction of sp³-hybridized carbons (Fsp3) is 0.393. The van der Waals surface area contributed by atoms with Crippen molar-refractivity contribution in [1.82, 2.24) is 20.0 Å². The molecule has 35 heavy (non-hydrogen) atoms. The summed E-state index contributed by atoms with van der Waals surface area (Å²) in [4.78, 5) is 22.7. The molecule has 1 spiro atoms. The van der Waals surface area contributed by atoms with E-state index in [2.05, 4.69) is 75.7 Å². The summed E-state index contributed by atoms with van der Waals surface area (Å²) in [6.45, 7) is 6.43. The third kappa shape index (κ3) is 3.22. The number of amides is 1. The number of anilines is 1. The molecule has 2 fully saturated rings. The molecule has 4 heterocycles. The van der Waals surface area contributed by atoms with Gasteiger partial charge in [0.05, 0.1) is 10.9 Å². The monoisotopic (exact) mass is 466 g/mol. The molecular formula is C28H30N6O. The topological polar surface area (TPSA) is 76.6 Å². The molecule has 2 N–H and O–H groups in total. The van der Waals surface area contributed by atoms with E-state index in [1.165, 1.54) is 11.1 Å². The number of carbonyl (C=O) groups excluding carboxylic acids is 1. The van der Waals surface area contributed by atoms with Gasteiger partial charge < -0.3 is 10.2 Å². The highest BCUT2D eigenvalue weighted by atomic mass is 16.2. The zero-order valence-corrected chi connectivity index (χ0v) is 20.2. The Labute approximate surface area is 204 Å². The van der Waals surface area contributed by atoms with E-state index >= 15 is 0 Å². The molecule has 1 aliphatic carbocycles. The summed E-state index contributed by atoms with van der Waals surface area (Å²) in [7, 11) is 2.18. The predicted octanol–water partition coefficient (Wildman–Crippen LogP) is 3.68. The minimum Gasteiger partial charge on any atom is -0.325 e. The van der Waals surface area contributed by atoms with Crippen LogP contribution in [0, 0.1) is 6.92 Å². The molecule has 3 aromatic rings. The zero-order chi connectivity index (χ0) is 23.7. The van der Waals surface area contributed by atoms with Gasteiger partial charge in [0.2, 0.25) is 5.91 Å². The Balaban J connectivity index is 1.13. The highest BCUT2D eigenvalue weighted by molar-refractivity contribution is 6.14. The molecule has 3 aliphatic heterocycles. The summed E-state index contributed by atoms with van der Waals surface area (Å²) in [5.74, 6) is 0.327. The lowest BCUT2D eigenvalue weighted by Gasteiger charge is -2.36. The van der Waals surface area contributed by atoms with Crippen LogP contribution >= 0.6 is 0 Å². The lowest BCUT2D eigenvalue weighted by atomic mass is 9.91. The number of dihydropyridines is 1. The number of H-pyrrole nitrogens is 1. The second-order valence-electron chi connectivity index (χ2n) is 10.6. The summed E-state index contributed by atoms with van der Waals surface area (Å²) in [6, 6.07) is 12.8. The Kier molecular flexibility index (Phi) is 4.57. The Bertz CT molecular complexity index is 1410. The number of allylic oxidation sites excluding steroid dienone is 1. The molecule has 0 bridgehead atoms. The number of piperazine rings is 1. The highest BCUT2D eigenvalue weighted by Gasteiger charge is 2.65. The molecule has 0 radical (unpaired) electrons. The third-order valence-corrected chi connectivity index (χ3v) is 8.43. The van der Waals surface area contributed by atoms with Crippen molar-refractivity contribution >= 4 is 34.3 Å². The highest BCUT2D eigenvalue weighted by Crippen LogP contribution is 2.65. The van der Waals surface area contributed by atoms with Gasteiger partial charge in [-0.25, -0.2) is 0 Å². The first-order chi connectivity index (χ1) is 17.0. The molecule has 1 unspecified atom stereocenters. The average molecular weight is 467 g/mol. The Morgan fingerprint density at radius 1 is 1.09 bits per heavy atom. The molecule has 4 aliphatic rings. The van der Waals surface area contributed by atoms with Crippen LogP contribution in [-0.2, 0) is 10.2 Å². The van der Waals surface area contributed by atoms with E-state index in [1.807, 2.05) is 12.3 Å². The number of fused-ring (bicyclic) bond motifs is 3. The second kappa shape index (κ2) is 7.60. The Morgan fingerprint density at radius 3 is 2.74 bits per heavy atom. The summed E-state index contributed by atoms with van der Waals surface area (Å²) in [5, 5.41) is 12.1. The van der Waals surface area contributed by atoms with Crippen LogP contribution in [0.1, 0.15) is 41.1 Å². The number of nitrogens with zero attached hydrogens (tertiary/aromatic N) is 4. The van der Waals surface area contributed by atoms with Crippen molar-refractivity contribution in [3.63, 3.8) is 0 Å². The standard InChI is InChI=1S/C28H30N6O/c1-17-3-7-23-21(13-17)28(27(35)30-23)15-22(28)18-4-6-20-24(14-18)31-32-26(20)19-5-8-25(29-16-19)34-11-9-33(2)10-12-34/h3-7,13-14,16,22,25H,8-12,15H2,1-2H3,(H,30,35)(H,31,32)/t22-,25?,28-/m0/s1. The number of aromatic nitrogens is 2. The summed E-state index contributed by atoms with van der Waals surface area (Å²) >= 11 is 0. The number of nitrogens with one attached hydrogen (secondary N) is 2. The van der Waals surface area contributed by atoms with Crippen molar-refractivity contribution in [2.45, 2.75) is 37.3 Å². The SMILES string of the molecule is Cc1ccc2c(c1)[C@]1(C[C@H]1c1ccc3c(C4=CCC(N5CCN(C)CC5)N=C4)n[nH]c3c1)C(=O)N2. The van der Waals surface area contributed by atoms with E-state index < -0.39 is 5.41 Å². The van der Waals surface area contributed by atoms with E-state index in [1.54, 1.807) is 0 Å². The van der Waals surface area contributed by atoms with Crippen LogP contribution in [0.3, 0.4) is 0 Å². The average Bonchev–Trinajstić information content (AvgIpc) is 3.40. The predicted molar refractivity (Wildman–Crippen MR) is 139 cm³/mol. The molecule has 1 saturated heterocycles. The zero-order valence-electron chi connectivity index (χ0n) is 20.2. The minimum atomic E-state index is -0.422. The number of likely N-dealkylation sites (N-methyl/N-ethyl adjacent to an activating group) is 1. The summed E-state index contributed by atoms with van der Waals surface area (Å²) in [6.07, 6.45) is 6.28. The van der Waals surface area contributed by atoms with Gasteiger partial charge in [0.1, 0.15) is 11.9 Å². The maximum absolute atomic E-state index is 13.0. The lowest BCUT2D eigenvalue weighted by molar-refractivity contribution is -0.118. The maximum Gasteiger partial charge on any atom is 0.235 e. The number of carbonyl (C=O) groups is 1. The van der Waals surface area contributed by atoms with Crippen LogP contribution < -0.4 is 5.32 Å². The molecule has 2 aromatic carbocycles. The van der Waals surface area contributed by atoms with Gasteiger partial charge in [0.25, 0.3) is 0 Å². The molecule has 7 heteroatoms. The van der Waals surface area contributed by atoms with Crippen LogP contribution in [-0.4, -0.2) is 71.5 Å². The van der Waals surface area contributed by atoms with Crippen LogP contribution in [0.4, 0.5) is 5.69 Å². The van der Waals surface area contributed by atoms with Gasteiger partial charge >= 0.3 is 0 Å². The number of aliphatic imine (C=N–C) groups is 1. The Morgan fingerprint density at radius 2 is 1.94 bits per heavy atom. The van der Waals surface area contributed by atoms with E-state index in [0.29, 0.717) is 0 Å². The molecule has 178 valence electrons. The van der Waals surface area contributed by atoms with Gasteiger partial charge in [-0.3, -0.25) is 19.8 Å². The number of benzene rings is 2. The van der Waals surface area contributed by atoms with Gasteiger partial charge in [-0.05, 0) is 43.7 Å². The van der Waals surface area contributed by atoms with E-state index in [0.717, 1.165) is 72.4 Å². The van der Waals surface area contributed by atoms with Gasteiger partial charge in [-0.2, -0.15) is 5.10 Å². The summed E-state index contributed by atoms with van der Waals surface area (Å²) < 4.78 is 0. The summed E-state index contributed by atoms with van der Waals surface area (Å²) in [5.41, 5.74) is 7.12. The fourth-order valence-electron chi connectivity index (χ4n) is 6.21. The molecule has 1 amide bonds.